The maximum Gasteiger partial charge on any atom is 0.223 e. The van der Waals surface area contributed by atoms with Gasteiger partial charge in [0.1, 0.15) is 0 Å². The number of likely N-dealkylation sites (tertiary alicyclic amines) is 1. The van der Waals surface area contributed by atoms with E-state index in [1.807, 2.05) is 4.90 Å². The van der Waals surface area contributed by atoms with Gasteiger partial charge < -0.3 is 10.6 Å². The summed E-state index contributed by atoms with van der Waals surface area (Å²) in [5.41, 5.74) is 9.65. The molecule has 1 amide bonds. The van der Waals surface area contributed by atoms with Crippen molar-refractivity contribution in [1.29, 1.82) is 0 Å². The molecule has 2 rings (SSSR count). The SMILES string of the molecule is Cc1ccc(C)c(C(CN)CC(=O)N2CCC(C)CC2)c1. The first-order valence-electron chi connectivity index (χ1n) is 8.06. The third kappa shape index (κ3) is 4.07. The van der Waals surface area contributed by atoms with Crippen LogP contribution in [0, 0.1) is 19.8 Å². The normalized spacial score (nSPS) is 17.8. The Labute approximate surface area is 128 Å². The largest absolute Gasteiger partial charge is 0.343 e. The second kappa shape index (κ2) is 7.08. The van der Waals surface area contributed by atoms with Gasteiger partial charge in [-0.05, 0) is 50.3 Å². The molecule has 3 heteroatoms. The number of rotatable bonds is 4. The van der Waals surface area contributed by atoms with Crippen molar-refractivity contribution < 1.29 is 4.79 Å². The van der Waals surface area contributed by atoms with E-state index in [1.54, 1.807) is 0 Å². The van der Waals surface area contributed by atoms with Crippen molar-refractivity contribution in [3.63, 3.8) is 0 Å². The quantitative estimate of drug-likeness (QED) is 0.926. The van der Waals surface area contributed by atoms with Crippen LogP contribution in [-0.4, -0.2) is 30.4 Å². The summed E-state index contributed by atoms with van der Waals surface area (Å²) in [7, 11) is 0. The molecule has 0 radical (unpaired) electrons. The zero-order chi connectivity index (χ0) is 15.4. The zero-order valence-corrected chi connectivity index (χ0v) is 13.6. The monoisotopic (exact) mass is 288 g/mol. The second-order valence-corrected chi connectivity index (χ2v) is 6.56. The van der Waals surface area contributed by atoms with E-state index in [0.29, 0.717) is 13.0 Å². The van der Waals surface area contributed by atoms with Crippen LogP contribution in [-0.2, 0) is 4.79 Å². The van der Waals surface area contributed by atoms with E-state index in [2.05, 4.69) is 39.0 Å². The number of carbonyl (C=O) groups excluding carboxylic acids is 1. The summed E-state index contributed by atoms with van der Waals surface area (Å²) in [5, 5.41) is 0. The molecule has 21 heavy (non-hydrogen) atoms. The van der Waals surface area contributed by atoms with Crippen molar-refractivity contribution in [1.82, 2.24) is 4.90 Å². The molecule has 3 nitrogen and oxygen atoms in total. The maximum atomic E-state index is 12.5. The van der Waals surface area contributed by atoms with Crippen molar-refractivity contribution in [3.8, 4) is 0 Å². The Morgan fingerprint density at radius 3 is 2.62 bits per heavy atom. The molecule has 1 aliphatic rings. The van der Waals surface area contributed by atoms with Gasteiger partial charge in [-0.15, -0.1) is 0 Å². The lowest BCUT2D eigenvalue weighted by atomic mass is 9.90. The lowest BCUT2D eigenvalue weighted by Gasteiger charge is -2.31. The highest BCUT2D eigenvalue weighted by Crippen LogP contribution is 2.25. The number of amides is 1. The van der Waals surface area contributed by atoms with Gasteiger partial charge in [0.05, 0.1) is 0 Å². The van der Waals surface area contributed by atoms with Gasteiger partial charge in [-0.2, -0.15) is 0 Å². The van der Waals surface area contributed by atoms with Crippen LogP contribution in [0.25, 0.3) is 0 Å². The number of piperidine rings is 1. The Balaban J connectivity index is 2.05. The van der Waals surface area contributed by atoms with E-state index in [0.717, 1.165) is 31.8 Å². The first kappa shape index (κ1) is 16.0. The van der Waals surface area contributed by atoms with Crippen molar-refractivity contribution in [2.45, 2.75) is 46.0 Å². The van der Waals surface area contributed by atoms with Gasteiger partial charge in [0.2, 0.25) is 5.91 Å². The molecule has 1 fully saturated rings. The molecule has 116 valence electrons. The summed E-state index contributed by atoms with van der Waals surface area (Å²) >= 11 is 0. The van der Waals surface area contributed by atoms with Gasteiger partial charge in [-0.25, -0.2) is 0 Å². The van der Waals surface area contributed by atoms with Crippen LogP contribution in [0.3, 0.4) is 0 Å². The molecule has 0 spiro atoms. The fourth-order valence-corrected chi connectivity index (χ4v) is 3.12. The minimum Gasteiger partial charge on any atom is -0.343 e. The van der Waals surface area contributed by atoms with E-state index in [9.17, 15) is 4.79 Å². The topological polar surface area (TPSA) is 46.3 Å². The van der Waals surface area contributed by atoms with Crippen LogP contribution in [0.2, 0.25) is 0 Å². The maximum absolute atomic E-state index is 12.5. The average molecular weight is 288 g/mol. The van der Waals surface area contributed by atoms with Gasteiger partial charge in [-0.3, -0.25) is 4.79 Å². The molecule has 0 saturated carbocycles. The summed E-state index contributed by atoms with van der Waals surface area (Å²) < 4.78 is 0. The number of nitrogens with two attached hydrogens (primary N) is 1. The predicted octanol–water partition coefficient (Wildman–Crippen LogP) is 2.99. The first-order valence-corrected chi connectivity index (χ1v) is 8.06. The van der Waals surface area contributed by atoms with Crippen molar-refractivity contribution in [2.24, 2.45) is 11.7 Å². The molecular formula is C18H28N2O. The number of benzene rings is 1. The fourth-order valence-electron chi connectivity index (χ4n) is 3.12. The van der Waals surface area contributed by atoms with Crippen molar-refractivity contribution >= 4 is 5.91 Å². The van der Waals surface area contributed by atoms with Crippen LogP contribution in [0.1, 0.15) is 48.8 Å². The lowest BCUT2D eigenvalue weighted by molar-refractivity contribution is -0.132. The van der Waals surface area contributed by atoms with Gasteiger partial charge in [0.25, 0.3) is 0 Å². The second-order valence-electron chi connectivity index (χ2n) is 6.56. The summed E-state index contributed by atoms with van der Waals surface area (Å²) in [5.74, 6) is 1.15. The van der Waals surface area contributed by atoms with Crippen LogP contribution in [0.4, 0.5) is 0 Å². The Morgan fingerprint density at radius 1 is 1.33 bits per heavy atom. The molecule has 0 aliphatic carbocycles. The van der Waals surface area contributed by atoms with Crippen LogP contribution in [0.15, 0.2) is 18.2 Å². The van der Waals surface area contributed by atoms with E-state index in [1.165, 1.54) is 16.7 Å². The Kier molecular flexibility index (Phi) is 5.40. The standard InChI is InChI=1S/C18H28N2O/c1-13-6-8-20(9-7-13)18(21)11-16(12-19)17-10-14(2)4-5-15(17)3/h4-5,10,13,16H,6-9,11-12,19H2,1-3H3. The van der Waals surface area contributed by atoms with E-state index >= 15 is 0 Å². The zero-order valence-electron chi connectivity index (χ0n) is 13.6. The Bertz CT molecular complexity index is 490. The minimum atomic E-state index is 0.136. The van der Waals surface area contributed by atoms with Gasteiger partial charge in [-0.1, -0.05) is 30.7 Å². The van der Waals surface area contributed by atoms with E-state index in [-0.39, 0.29) is 11.8 Å². The highest BCUT2D eigenvalue weighted by Gasteiger charge is 2.24. The molecular weight excluding hydrogens is 260 g/mol. The summed E-state index contributed by atoms with van der Waals surface area (Å²) in [6.07, 6.45) is 2.79. The van der Waals surface area contributed by atoms with Crippen LogP contribution >= 0.6 is 0 Å². The number of aryl methyl sites for hydroxylation is 2. The van der Waals surface area contributed by atoms with E-state index < -0.39 is 0 Å². The molecule has 0 aromatic heterocycles. The molecule has 1 atom stereocenters. The number of nitrogens with zero attached hydrogens (tertiary/aromatic N) is 1. The lowest BCUT2D eigenvalue weighted by Crippen LogP contribution is -2.39. The molecule has 1 aromatic carbocycles. The van der Waals surface area contributed by atoms with Gasteiger partial charge in [0.15, 0.2) is 0 Å². The smallest absolute Gasteiger partial charge is 0.223 e. The molecule has 1 heterocycles. The highest BCUT2D eigenvalue weighted by molar-refractivity contribution is 5.77. The summed E-state index contributed by atoms with van der Waals surface area (Å²) in [6, 6.07) is 6.42. The van der Waals surface area contributed by atoms with Crippen molar-refractivity contribution in [3.05, 3.63) is 34.9 Å². The Morgan fingerprint density at radius 2 is 2.00 bits per heavy atom. The summed E-state index contributed by atoms with van der Waals surface area (Å²) in [4.78, 5) is 14.5. The Hall–Kier alpha value is -1.35. The van der Waals surface area contributed by atoms with Crippen LogP contribution in [0.5, 0.6) is 0 Å². The summed E-state index contributed by atoms with van der Waals surface area (Å²) in [6.45, 7) is 8.80. The highest BCUT2D eigenvalue weighted by atomic mass is 16.2. The first-order chi connectivity index (χ1) is 10.0. The third-order valence-electron chi connectivity index (χ3n) is 4.72. The predicted molar refractivity (Wildman–Crippen MR) is 87.3 cm³/mol. The van der Waals surface area contributed by atoms with Gasteiger partial charge >= 0.3 is 0 Å². The van der Waals surface area contributed by atoms with E-state index in [4.69, 9.17) is 5.73 Å². The molecule has 1 aliphatic heterocycles. The molecule has 1 saturated heterocycles. The van der Waals surface area contributed by atoms with Crippen molar-refractivity contribution in [2.75, 3.05) is 19.6 Å². The van der Waals surface area contributed by atoms with Gasteiger partial charge in [0, 0.05) is 25.4 Å². The minimum absolute atomic E-state index is 0.136. The average Bonchev–Trinajstić information content (AvgIpc) is 2.48. The molecule has 1 aromatic rings. The number of hydrogen-bond acceptors (Lipinski definition) is 2. The molecule has 0 bridgehead atoms. The molecule has 2 N–H and O–H groups in total. The number of hydrogen-bond donors (Lipinski definition) is 1. The molecule has 1 unspecified atom stereocenters. The van der Waals surface area contributed by atoms with Crippen LogP contribution < -0.4 is 5.73 Å². The number of carbonyl (C=O) groups is 1. The third-order valence-corrected chi connectivity index (χ3v) is 4.72. The fraction of sp³-hybridized carbons (Fsp3) is 0.611.